The first kappa shape index (κ1) is 20.0. The van der Waals surface area contributed by atoms with E-state index >= 15 is 0 Å². The number of rotatable bonds is 7. The molecule has 2 heterocycles. The van der Waals surface area contributed by atoms with E-state index in [1.54, 1.807) is 0 Å². The fraction of sp³-hybridized carbons (Fsp3) is 0.636. The Morgan fingerprint density at radius 3 is 2.79 bits per heavy atom. The van der Waals surface area contributed by atoms with Crippen molar-refractivity contribution in [3.8, 4) is 5.75 Å². The van der Waals surface area contributed by atoms with Crippen molar-refractivity contribution in [3.05, 3.63) is 23.8 Å². The van der Waals surface area contributed by atoms with Crippen LogP contribution >= 0.6 is 0 Å². The summed E-state index contributed by atoms with van der Waals surface area (Å²) in [5.74, 6) is 1.52. The highest BCUT2D eigenvalue weighted by molar-refractivity contribution is 5.94. The maximum Gasteiger partial charge on any atom is 0.407 e. The molecule has 4 rings (SSSR count). The molecule has 0 spiro atoms. The van der Waals surface area contributed by atoms with Crippen LogP contribution in [0.4, 0.5) is 10.5 Å². The molecule has 1 saturated carbocycles. The average molecular weight is 402 g/mol. The lowest BCUT2D eigenvalue weighted by molar-refractivity contribution is -0.116. The van der Waals surface area contributed by atoms with Gasteiger partial charge in [-0.05, 0) is 57.1 Å². The third kappa shape index (κ3) is 5.41. The summed E-state index contributed by atoms with van der Waals surface area (Å²) in [6.07, 6.45) is 5.18. The largest absolute Gasteiger partial charge is 0.492 e. The van der Waals surface area contributed by atoms with Gasteiger partial charge in [-0.25, -0.2) is 4.79 Å². The molecule has 158 valence electrons. The van der Waals surface area contributed by atoms with Gasteiger partial charge in [-0.15, -0.1) is 0 Å². The van der Waals surface area contributed by atoms with Crippen molar-refractivity contribution >= 4 is 17.7 Å². The molecule has 1 saturated heterocycles. The first-order valence-electron chi connectivity index (χ1n) is 10.8. The standard InChI is InChI=1S/C22H31N3O4/c1-15(13-28-20-4-2-3-19-18(20)7-8-21(26)24-19)25-11-9-17(10-12-25)23-22(27)29-14-16-5-6-16/h2-4,15-17H,5-14H2,1H3,(H,23,27)(H,24,26). The number of piperidine rings is 1. The molecular weight excluding hydrogens is 370 g/mol. The summed E-state index contributed by atoms with van der Waals surface area (Å²) < 4.78 is 11.4. The number of alkyl carbamates (subject to hydrolysis) is 1. The van der Waals surface area contributed by atoms with Crippen LogP contribution in [-0.2, 0) is 16.0 Å². The molecular formula is C22H31N3O4. The van der Waals surface area contributed by atoms with E-state index in [0.717, 1.165) is 49.4 Å². The summed E-state index contributed by atoms with van der Waals surface area (Å²) in [4.78, 5) is 25.8. The Bertz CT molecular complexity index is 742. The number of anilines is 1. The van der Waals surface area contributed by atoms with Gasteiger partial charge in [0.05, 0.1) is 6.61 Å². The highest BCUT2D eigenvalue weighted by Gasteiger charge is 2.27. The first-order valence-corrected chi connectivity index (χ1v) is 10.8. The second-order valence-electron chi connectivity index (χ2n) is 8.49. The van der Waals surface area contributed by atoms with E-state index in [0.29, 0.717) is 25.6 Å². The predicted molar refractivity (Wildman–Crippen MR) is 110 cm³/mol. The highest BCUT2D eigenvalue weighted by atomic mass is 16.5. The van der Waals surface area contributed by atoms with E-state index < -0.39 is 0 Å². The van der Waals surface area contributed by atoms with E-state index in [4.69, 9.17) is 9.47 Å². The fourth-order valence-electron chi connectivity index (χ4n) is 4.01. The van der Waals surface area contributed by atoms with Crippen molar-refractivity contribution in [1.82, 2.24) is 10.2 Å². The Morgan fingerprint density at radius 1 is 1.24 bits per heavy atom. The van der Waals surface area contributed by atoms with Crippen LogP contribution < -0.4 is 15.4 Å². The summed E-state index contributed by atoms with van der Waals surface area (Å²) >= 11 is 0. The van der Waals surface area contributed by atoms with Gasteiger partial charge < -0.3 is 20.1 Å². The van der Waals surface area contributed by atoms with Crippen molar-refractivity contribution in [2.75, 3.05) is 31.6 Å². The average Bonchev–Trinajstić information content (AvgIpc) is 3.55. The number of hydrogen-bond donors (Lipinski definition) is 2. The van der Waals surface area contributed by atoms with Crippen LogP contribution in [0, 0.1) is 5.92 Å². The minimum atomic E-state index is -0.271. The Morgan fingerprint density at radius 2 is 2.03 bits per heavy atom. The van der Waals surface area contributed by atoms with E-state index in [1.807, 2.05) is 18.2 Å². The summed E-state index contributed by atoms with van der Waals surface area (Å²) in [6, 6.07) is 6.30. The fourth-order valence-corrected chi connectivity index (χ4v) is 4.01. The zero-order valence-corrected chi connectivity index (χ0v) is 17.1. The van der Waals surface area contributed by atoms with Crippen molar-refractivity contribution in [1.29, 1.82) is 0 Å². The number of ether oxygens (including phenoxy) is 2. The lowest BCUT2D eigenvalue weighted by atomic mass is 10.0. The van der Waals surface area contributed by atoms with Crippen LogP contribution in [0.3, 0.4) is 0 Å². The minimum Gasteiger partial charge on any atom is -0.492 e. The molecule has 1 aliphatic carbocycles. The van der Waals surface area contributed by atoms with Gasteiger partial charge in [0.2, 0.25) is 5.91 Å². The molecule has 0 aromatic heterocycles. The van der Waals surface area contributed by atoms with E-state index in [9.17, 15) is 9.59 Å². The Balaban J connectivity index is 1.20. The highest BCUT2D eigenvalue weighted by Crippen LogP contribution is 2.31. The lowest BCUT2D eigenvalue weighted by Crippen LogP contribution is -2.48. The summed E-state index contributed by atoms with van der Waals surface area (Å²) in [5.41, 5.74) is 1.96. The van der Waals surface area contributed by atoms with Crippen LogP contribution in [0.25, 0.3) is 0 Å². The number of hydrogen-bond acceptors (Lipinski definition) is 5. The van der Waals surface area contributed by atoms with Crippen molar-refractivity contribution in [2.45, 2.75) is 57.5 Å². The topological polar surface area (TPSA) is 79.9 Å². The molecule has 1 aromatic rings. The number of benzene rings is 1. The molecule has 2 fully saturated rings. The van der Waals surface area contributed by atoms with Crippen molar-refractivity contribution in [2.24, 2.45) is 5.92 Å². The molecule has 1 unspecified atom stereocenters. The van der Waals surface area contributed by atoms with Gasteiger partial charge in [-0.3, -0.25) is 9.69 Å². The van der Waals surface area contributed by atoms with E-state index in [2.05, 4.69) is 22.5 Å². The third-order valence-electron chi connectivity index (χ3n) is 6.11. The van der Waals surface area contributed by atoms with Gasteiger partial charge >= 0.3 is 6.09 Å². The number of fused-ring (bicyclic) bond motifs is 1. The molecule has 29 heavy (non-hydrogen) atoms. The number of carbonyl (C=O) groups is 2. The second-order valence-corrected chi connectivity index (χ2v) is 8.49. The maximum atomic E-state index is 11.9. The van der Waals surface area contributed by atoms with E-state index in [-0.39, 0.29) is 24.1 Å². The van der Waals surface area contributed by atoms with Crippen LogP contribution in [0.15, 0.2) is 18.2 Å². The van der Waals surface area contributed by atoms with Gasteiger partial charge in [0, 0.05) is 42.8 Å². The second kappa shape index (κ2) is 9.03. The van der Waals surface area contributed by atoms with Crippen LogP contribution in [0.2, 0.25) is 0 Å². The summed E-state index contributed by atoms with van der Waals surface area (Å²) in [7, 11) is 0. The summed E-state index contributed by atoms with van der Waals surface area (Å²) in [5, 5.41) is 5.92. The number of nitrogens with zero attached hydrogens (tertiary/aromatic N) is 1. The van der Waals surface area contributed by atoms with Crippen LogP contribution in [0.5, 0.6) is 5.75 Å². The first-order chi connectivity index (χ1) is 14.1. The molecule has 7 nitrogen and oxygen atoms in total. The summed E-state index contributed by atoms with van der Waals surface area (Å²) in [6.45, 7) is 5.20. The van der Waals surface area contributed by atoms with Crippen molar-refractivity contribution < 1.29 is 19.1 Å². The zero-order valence-electron chi connectivity index (χ0n) is 17.1. The van der Waals surface area contributed by atoms with Crippen molar-refractivity contribution in [3.63, 3.8) is 0 Å². The van der Waals surface area contributed by atoms with Gasteiger partial charge in [0.25, 0.3) is 0 Å². The quantitative estimate of drug-likeness (QED) is 0.734. The molecule has 3 aliphatic rings. The van der Waals surface area contributed by atoms with Gasteiger partial charge in [0.15, 0.2) is 0 Å². The number of carbonyl (C=O) groups excluding carboxylic acids is 2. The molecule has 1 aromatic carbocycles. The predicted octanol–water partition coefficient (Wildman–Crippen LogP) is 2.94. The van der Waals surface area contributed by atoms with Gasteiger partial charge in [-0.1, -0.05) is 6.07 Å². The zero-order chi connectivity index (χ0) is 20.2. The van der Waals surface area contributed by atoms with Crippen LogP contribution in [-0.4, -0.2) is 55.3 Å². The number of amides is 2. The minimum absolute atomic E-state index is 0.0657. The van der Waals surface area contributed by atoms with E-state index in [1.165, 1.54) is 12.8 Å². The normalized spacial score (nSPS) is 21.1. The smallest absolute Gasteiger partial charge is 0.407 e. The molecule has 0 bridgehead atoms. The lowest BCUT2D eigenvalue weighted by Gasteiger charge is -2.36. The number of likely N-dealkylation sites (tertiary alicyclic amines) is 1. The molecule has 0 radical (unpaired) electrons. The molecule has 7 heteroatoms. The monoisotopic (exact) mass is 401 g/mol. The molecule has 2 N–H and O–H groups in total. The Hall–Kier alpha value is -2.28. The van der Waals surface area contributed by atoms with Gasteiger partial charge in [0.1, 0.15) is 12.4 Å². The SMILES string of the molecule is CC(COc1cccc2c1CCC(=O)N2)N1CCC(NC(=O)OCC2CC2)CC1. The number of nitrogens with one attached hydrogen (secondary N) is 2. The molecule has 2 amide bonds. The molecule has 2 aliphatic heterocycles. The Labute approximate surface area is 172 Å². The van der Waals surface area contributed by atoms with Gasteiger partial charge in [-0.2, -0.15) is 0 Å². The molecule has 1 atom stereocenters. The Kier molecular flexibility index (Phi) is 6.23. The van der Waals surface area contributed by atoms with Crippen LogP contribution in [0.1, 0.15) is 44.6 Å². The third-order valence-corrected chi connectivity index (χ3v) is 6.11. The maximum absolute atomic E-state index is 11.9.